The van der Waals surface area contributed by atoms with Crippen molar-refractivity contribution in [2.45, 2.75) is 0 Å². The number of aromatic nitrogens is 2. The minimum Gasteiger partial charge on any atom is -0.308 e. The number of anilines is 2. The molecule has 11 nitrogen and oxygen atoms in total. The number of carbonyl (C=O) groups excluding carboxylic acids is 2. The number of para-hydroxylation sites is 1. The van der Waals surface area contributed by atoms with E-state index in [2.05, 4.69) is 30.7 Å². The Kier molecular flexibility index (Phi) is 6.17. The zero-order valence-electron chi connectivity index (χ0n) is 14.6. The fourth-order valence-electron chi connectivity index (χ4n) is 2.11. The maximum absolute atomic E-state index is 12.2. The molecule has 0 saturated carbocycles. The average Bonchev–Trinajstić information content (AvgIpc) is 3.17. The molecule has 0 aliphatic carbocycles. The van der Waals surface area contributed by atoms with E-state index in [4.69, 9.17) is 0 Å². The van der Waals surface area contributed by atoms with Crippen LogP contribution in [0, 0.1) is 10.1 Å². The van der Waals surface area contributed by atoms with Gasteiger partial charge in [0.1, 0.15) is 0 Å². The third kappa shape index (κ3) is 5.40. The van der Waals surface area contributed by atoms with Crippen LogP contribution in [0.2, 0.25) is 0 Å². The van der Waals surface area contributed by atoms with Crippen LogP contribution in [-0.4, -0.2) is 32.7 Å². The smallest absolute Gasteiger partial charge is 0.308 e. The van der Waals surface area contributed by atoms with Crippen molar-refractivity contribution in [3.63, 3.8) is 0 Å². The van der Waals surface area contributed by atoms with Gasteiger partial charge in [-0.15, -0.1) is 5.10 Å². The van der Waals surface area contributed by atoms with E-state index in [1.54, 1.807) is 24.3 Å². The molecule has 0 unspecified atom stereocenters. The SMILES string of the molecule is O=C(Nc1ccccc1)Nc1snnc1C(=O)N/N=C\c1ccc([N+](=O)[O-])cc1. The van der Waals surface area contributed by atoms with Crippen LogP contribution in [0.4, 0.5) is 21.2 Å². The van der Waals surface area contributed by atoms with E-state index in [0.29, 0.717) is 11.3 Å². The van der Waals surface area contributed by atoms with Crippen molar-refractivity contribution >= 4 is 46.1 Å². The summed E-state index contributed by atoms with van der Waals surface area (Å²) in [5, 5.41) is 23.4. The van der Waals surface area contributed by atoms with E-state index in [0.717, 1.165) is 11.5 Å². The number of carbonyl (C=O) groups is 2. The standard InChI is InChI=1S/C17H13N7O4S/c25-15(22-18-10-11-6-8-13(9-7-11)24(27)28)14-16(29-23-21-14)20-17(26)19-12-4-2-1-3-5-12/h1-10H,(H,22,25)(H2,19,20,26)/b18-10-. The van der Waals surface area contributed by atoms with E-state index in [1.165, 1.54) is 30.5 Å². The molecule has 3 rings (SSSR count). The number of non-ortho nitro benzene ring substituents is 1. The van der Waals surface area contributed by atoms with E-state index in [-0.39, 0.29) is 16.4 Å². The largest absolute Gasteiger partial charge is 0.324 e. The lowest BCUT2D eigenvalue weighted by molar-refractivity contribution is -0.384. The number of hydrogen-bond acceptors (Lipinski definition) is 8. The zero-order valence-corrected chi connectivity index (χ0v) is 15.4. The van der Waals surface area contributed by atoms with Gasteiger partial charge in [-0.3, -0.25) is 20.2 Å². The molecule has 2 aromatic carbocycles. The third-order valence-corrected chi connectivity index (χ3v) is 4.09. The topological polar surface area (TPSA) is 152 Å². The lowest BCUT2D eigenvalue weighted by Gasteiger charge is -2.06. The van der Waals surface area contributed by atoms with Gasteiger partial charge in [0.05, 0.1) is 11.1 Å². The second kappa shape index (κ2) is 9.14. The molecule has 1 heterocycles. The summed E-state index contributed by atoms with van der Waals surface area (Å²) in [4.78, 5) is 34.4. The van der Waals surface area contributed by atoms with Crippen LogP contribution in [0.5, 0.6) is 0 Å². The second-order valence-electron chi connectivity index (χ2n) is 5.44. The van der Waals surface area contributed by atoms with Gasteiger partial charge in [0.25, 0.3) is 11.6 Å². The summed E-state index contributed by atoms with van der Waals surface area (Å²) in [6.45, 7) is 0. The normalized spacial score (nSPS) is 10.5. The number of rotatable bonds is 6. The minimum absolute atomic E-state index is 0.0516. The summed E-state index contributed by atoms with van der Waals surface area (Å²) in [6.07, 6.45) is 1.32. The van der Waals surface area contributed by atoms with Crippen LogP contribution < -0.4 is 16.1 Å². The molecular weight excluding hydrogens is 398 g/mol. The summed E-state index contributed by atoms with van der Waals surface area (Å²) in [5.74, 6) is -0.674. The molecule has 3 aromatic rings. The van der Waals surface area contributed by atoms with Crippen molar-refractivity contribution in [1.82, 2.24) is 15.0 Å². The highest BCUT2D eigenvalue weighted by Crippen LogP contribution is 2.18. The van der Waals surface area contributed by atoms with Gasteiger partial charge in [-0.25, -0.2) is 10.2 Å². The second-order valence-corrected chi connectivity index (χ2v) is 6.20. The molecule has 0 atom stereocenters. The summed E-state index contributed by atoms with van der Waals surface area (Å²) < 4.78 is 3.67. The van der Waals surface area contributed by atoms with Crippen LogP contribution in [0.3, 0.4) is 0 Å². The van der Waals surface area contributed by atoms with Crippen molar-refractivity contribution in [2.75, 3.05) is 10.6 Å². The van der Waals surface area contributed by atoms with Gasteiger partial charge in [0.2, 0.25) is 0 Å². The number of nitro benzene ring substituents is 1. The molecule has 29 heavy (non-hydrogen) atoms. The molecule has 0 spiro atoms. The fourth-order valence-corrected chi connectivity index (χ4v) is 2.67. The van der Waals surface area contributed by atoms with Crippen molar-refractivity contribution in [2.24, 2.45) is 5.10 Å². The van der Waals surface area contributed by atoms with Crippen LogP contribution in [0.25, 0.3) is 0 Å². The summed E-state index contributed by atoms with van der Waals surface area (Å²) in [5.41, 5.74) is 3.25. The molecule has 0 aliphatic heterocycles. The van der Waals surface area contributed by atoms with Crippen LogP contribution in [0.1, 0.15) is 16.1 Å². The first-order valence-corrected chi connectivity index (χ1v) is 8.83. The van der Waals surface area contributed by atoms with Gasteiger partial charge in [-0.05, 0) is 29.8 Å². The number of nitro groups is 1. The van der Waals surface area contributed by atoms with Crippen LogP contribution >= 0.6 is 11.5 Å². The number of nitrogens with one attached hydrogen (secondary N) is 3. The number of hydrazone groups is 1. The Morgan fingerprint density at radius 1 is 1.07 bits per heavy atom. The number of urea groups is 1. The maximum Gasteiger partial charge on any atom is 0.324 e. The van der Waals surface area contributed by atoms with E-state index >= 15 is 0 Å². The first-order chi connectivity index (χ1) is 14.0. The van der Waals surface area contributed by atoms with E-state index in [9.17, 15) is 19.7 Å². The number of benzene rings is 2. The highest BCUT2D eigenvalue weighted by atomic mass is 32.1. The molecule has 12 heteroatoms. The minimum atomic E-state index is -0.674. The molecule has 0 saturated heterocycles. The summed E-state index contributed by atoms with van der Waals surface area (Å²) in [7, 11) is 0. The Labute approximate surface area is 167 Å². The Bertz CT molecular complexity index is 1050. The first kappa shape index (κ1) is 19.6. The molecule has 0 fully saturated rings. The quantitative estimate of drug-likeness (QED) is 0.322. The van der Waals surface area contributed by atoms with Crippen LogP contribution in [-0.2, 0) is 0 Å². The van der Waals surface area contributed by atoms with Crippen molar-refractivity contribution < 1.29 is 14.5 Å². The zero-order chi connectivity index (χ0) is 20.6. The van der Waals surface area contributed by atoms with Crippen molar-refractivity contribution in [3.8, 4) is 0 Å². The van der Waals surface area contributed by atoms with E-state index < -0.39 is 16.9 Å². The summed E-state index contributed by atoms with van der Waals surface area (Å²) >= 11 is 0.841. The molecular formula is C17H13N7O4S. The van der Waals surface area contributed by atoms with E-state index in [1.807, 2.05) is 6.07 Å². The molecule has 146 valence electrons. The third-order valence-electron chi connectivity index (χ3n) is 3.45. The monoisotopic (exact) mass is 411 g/mol. The Balaban J connectivity index is 1.58. The maximum atomic E-state index is 12.2. The number of amides is 3. The average molecular weight is 411 g/mol. The molecule has 0 radical (unpaired) electrons. The lowest BCUT2D eigenvalue weighted by atomic mass is 10.2. The van der Waals surface area contributed by atoms with Gasteiger partial charge in [0, 0.05) is 29.4 Å². The predicted octanol–water partition coefficient (Wildman–Crippen LogP) is 2.85. The molecule has 0 aliphatic rings. The Morgan fingerprint density at radius 3 is 2.48 bits per heavy atom. The van der Waals surface area contributed by atoms with Crippen molar-refractivity contribution in [3.05, 3.63) is 76.0 Å². The first-order valence-electron chi connectivity index (χ1n) is 8.06. The predicted molar refractivity (Wildman–Crippen MR) is 107 cm³/mol. The van der Waals surface area contributed by atoms with Gasteiger partial charge in [0.15, 0.2) is 10.7 Å². The van der Waals surface area contributed by atoms with Gasteiger partial charge < -0.3 is 5.32 Å². The molecule has 3 N–H and O–H groups in total. The fraction of sp³-hybridized carbons (Fsp3) is 0. The summed E-state index contributed by atoms with van der Waals surface area (Å²) in [6, 6.07) is 13.8. The number of nitrogens with zero attached hydrogens (tertiary/aromatic N) is 4. The van der Waals surface area contributed by atoms with Crippen molar-refractivity contribution in [1.29, 1.82) is 0 Å². The number of hydrogen-bond donors (Lipinski definition) is 3. The van der Waals surface area contributed by atoms with Crippen LogP contribution in [0.15, 0.2) is 59.7 Å². The Morgan fingerprint density at radius 2 is 1.79 bits per heavy atom. The highest BCUT2D eigenvalue weighted by Gasteiger charge is 2.18. The van der Waals surface area contributed by atoms with Gasteiger partial charge in [-0.1, -0.05) is 22.7 Å². The molecule has 1 aromatic heterocycles. The van der Waals surface area contributed by atoms with Gasteiger partial charge in [-0.2, -0.15) is 5.10 Å². The highest BCUT2D eigenvalue weighted by molar-refractivity contribution is 7.10. The molecule has 0 bridgehead atoms. The van der Waals surface area contributed by atoms with Gasteiger partial charge >= 0.3 is 6.03 Å². The molecule has 3 amide bonds. The lowest BCUT2D eigenvalue weighted by Crippen LogP contribution is -2.23. The Hall–Kier alpha value is -4.19.